The SMILES string of the molecule is FC(F)(F)Oc1ccc2c(c1)CN(c1cc(NCc3ccccc3)ncn1)CC2. The Morgan fingerprint density at radius 3 is 2.62 bits per heavy atom. The number of nitrogens with one attached hydrogen (secondary N) is 1. The summed E-state index contributed by atoms with van der Waals surface area (Å²) in [6.45, 7) is 1.82. The number of fused-ring (bicyclic) bond motifs is 1. The molecule has 2 aromatic carbocycles. The lowest BCUT2D eigenvalue weighted by Gasteiger charge is -2.30. The van der Waals surface area contributed by atoms with E-state index in [1.807, 2.05) is 41.3 Å². The fourth-order valence-corrected chi connectivity index (χ4v) is 3.33. The van der Waals surface area contributed by atoms with E-state index in [1.54, 1.807) is 6.07 Å². The van der Waals surface area contributed by atoms with Gasteiger partial charge in [-0.25, -0.2) is 9.97 Å². The quantitative estimate of drug-likeness (QED) is 0.681. The van der Waals surface area contributed by atoms with Gasteiger partial charge in [-0.05, 0) is 35.2 Å². The van der Waals surface area contributed by atoms with E-state index >= 15 is 0 Å². The smallest absolute Gasteiger partial charge is 0.406 e. The summed E-state index contributed by atoms with van der Waals surface area (Å²) in [5.74, 6) is 1.22. The largest absolute Gasteiger partial charge is 0.573 e. The first-order valence-corrected chi connectivity index (χ1v) is 9.19. The first-order chi connectivity index (χ1) is 14.0. The molecule has 0 fully saturated rings. The highest BCUT2D eigenvalue weighted by Gasteiger charge is 2.31. The van der Waals surface area contributed by atoms with E-state index in [0.717, 1.165) is 35.5 Å². The van der Waals surface area contributed by atoms with Crippen molar-refractivity contribution >= 4 is 11.6 Å². The van der Waals surface area contributed by atoms with E-state index in [0.29, 0.717) is 18.9 Å². The van der Waals surface area contributed by atoms with Crippen molar-refractivity contribution < 1.29 is 17.9 Å². The van der Waals surface area contributed by atoms with Crippen molar-refractivity contribution in [3.63, 3.8) is 0 Å². The zero-order chi connectivity index (χ0) is 20.3. The normalized spacial score (nSPS) is 13.7. The summed E-state index contributed by atoms with van der Waals surface area (Å²) >= 11 is 0. The summed E-state index contributed by atoms with van der Waals surface area (Å²) in [5.41, 5.74) is 2.96. The van der Waals surface area contributed by atoms with Crippen LogP contribution in [0.15, 0.2) is 60.9 Å². The number of rotatable bonds is 5. The summed E-state index contributed by atoms with van der Waals surface area (Å²) in [6.07, 6.45) is -2.49. The number of benzene rings is 2. The third kappa shape index (κ3) is 4.96. The van der Waals surface area contributed by atoms with Crippen LogP contribution < -0.4 is 15.0 Å². The minimum atomic E-state index is -4.70. The third-order valence-corrected chi connectivity index (χ3v) is 4.72. The minimum absolute atomic E-state index is 0.203. The molecule has 0 atom stereocenters. The second-order valence-electron chi connectivity index (χ2n) is 6.75. The van der Waals surface area contributed by atoms with Gasteiger partial charge in [-0.15, -0.1) is 13.2 Å². The standard InChI is InChI=1S/C21H19F3N4O/c22-21(23,24)29-18-7-6-16-8-9-28(13-17(16)10-18)20-11-19(26-14-27-20)25-12-15-4-2-1-3-5-15/h1-7,10-11,14H,8-9,12-13H2,(H,25,26,27). The molecule has 1 N–H and O–H groups in total. The lowest BCUT2D eigenvalue weighted by Crippen LogP contribution is -2.31. The summed E-state index contributed by atoms with van der Waals surface area (Å²) in [7, 11) is 0. The summed E-state index contributed by atoms with van der Waals surface area (Å²) < 4.78 is 41.5. The molecule has 0 aliphatic carbocycles. The van der Waals surface area contributed by atoms with Crippen LogP contribution in [0.25, 0.3) is 0 Å². The molecule has 5 nitrogen and oxygen atoms in total. The van der Waals surface area contributed by atoms with Gasteiger partial charge in [0.05, 0.1) is 0 Å². The molecule has 2 heterocycles. The highest BCUT2D eigenvalue weighted by atomic mass is 19.4. The predicted molar refractivity (Wildman–Crippen MR) is 104 cm³/mol. The first kappa shape index (κ1) is 19.0. The number of anilines is 2. The van der Waals surface area contributed by atoms with Crippen LogP contribution in [0.4, 0.5) is 24.8 Å². The van der Waals surface area contributed by atoms with Crippen molar-refractivity contribution in [2.24, 2.45) is 0 Å². The van der Waals surface area contributed by atoms with Gasteiger partial charge >= 0.3 is 6.36 Å². The molecule has 0 saturated heterocycles. The summed E-state index contributed by atoms with van der Waals surface area (Å²) in [4.78, 5) is 10.6. The zero-order valence-corrected chi connectivity index (χ0v) is 15.5. The van der Waals surface area contributed by atoms with Crippen molar-refractivity contribution in [2.45, 2.75) is 25.9 Å². The van der Waals surface area contributed by atoms with Crippen LogP contribution in [0, 0.1) is 0 Å². The van der Waals surface area contributed by atoms with Crippen LogP contribution in [-0.4, -0.2) is 22.9 Å². The molecule has 0 bridgehead atoms. The first-order valence-electron chi connectivity index (χ1n) is 9.19. The Kier molecular flexibility index (Phi) is 5.24. The van der Waals surface area contributed by atoms with E-state index in [4.69, 9.17) is 0 Å². The van der Waals surface area contributed by atoms with Gasteiger partial charge in [0.25, 0.3) is 0 Å². The van der Waals surface area contributed by atoms with Crippen LogP contribution >= 0.6 is 0 Å². The second-order valence-corrected chi connectivity index (χ2v) is 6.75. The maximum Gasteiger partial charge on any atom is 0.573 e. The van der Waals surface area contributed by atoms with Crippen LogP contribution in [-0.2, 0) is 19.5 Å². The van der Waals surface area contributed by atoms with E-state index in [2.05, 4.69) is 20.0 Å². The van der Waals surface area contributed by atoms with E-state index < -0.39 is 6.36 Å². The highest BCUT2D eigenvalue weighted by molar-refractivity contribution is 5.51. The minimum Gasteiger partial charge on any atom is -0.406 e. The molecule has 1 aromatic heterocycles. The molecular formula is C21H19F3N4O. The molecule has 4 rings (SSSR count). The zero-order valence-electron chi connectivity index (χ0n) is 15.5. The van der Waals surface area contributed by atoms with Crippen molar-refractivity contribution in [3.8, 4) is 5.75 Å². The molecule has 1 aliphatic heterocycles. The van der Waals surface area contributed by atoms with Gasteiger partial charge in [0, 0.05) is 25.7 Å². The van der Waals surface area contributed by atoms with Crippen molar-refractivity contribution in [1.29, 1.82) is 0 Å². The molecular weight excluding hydrogens is 381 g/mol. The van der Waals surface area contributed by atoms with Crippen molar-refractivity contribution in [3.05, 3.63) is 77.6 Å². The van der Waals surface area contributed by atoms with Gasteiger partial charge in [0.15, 0.2) is 0 Å². The van der Waals surface area contributed by atoms with Crippen LogP contribution in [0.1, 0.15) is 16.7 Å². The number of aromatic nitrogens is 2. The maximum atomic E-state index is 12.5. The Balaban J connectivity index is 1.46. The molecule has 0 spiro atoms. The lowest BCUT2D eigenvalue weighted by atomic mass is 9.99. The van der Waals surface area contributed by atoms with Crippen LogP contribution in [0.3, 0.4) is 0 Å². The van der Waals surface area contributed by atoms with Crippen LogP contribution in [0.2, 0.25) is 0 Å². The molecule has 0 unspecified atom stereocenters. The maximum absolute atomic E-state index is 12.5. The Labute approximate surface area is 166 Å². The van der Waals surface area contributed by atoms with Gasteiger partial charge < -0.3 is 15.0 Å². The molecule has 0 radical (unpaired) electrons. The highest BCUT2D eigenvalue weighted by Crippen LogP contribution is 2.29. The van der Waals surface area contributed by atoms with Gasteiger partial charge in [0.1, 0.15) is 23.7 Å². The fourth-order valence-electron chi connectivity index (χ4n) is 3.33. The molecule has 0 saturated carbocycles. The van der Waals surface area contributed by atoms with Crippen molar-refractivity contribution in [2.75, 3.05) is 16.8 Å². The van der Waals surface area contributed by atoms with Gasteiger partial charge in [-0.3, -0.25) is 0 Å². The predicted octanol–water partition coefficient (Wildman–Crippen LogP) is 4.55. The Morgan fingerprint density at radius 2 is 1.83 bits per heavy atom. The molecule has 0 amide bonds. The van der Waals surface area contributed by atoms with Gasteiger partial charge in [-0.1, -0.05) is 36.4 Å². The van der Waals surface area contributed by atoms with Gasteiger partial charge in [0.2, 0.25) is 0 Å². The summed E-state index contributed by atoms with van der Waals surface area (Å²) in [6, 6.07) is 16.3. The second kappa shape index (κ2) is 7.98. The van der Waals surface area contributed by atoms with Crippen LogP contribution in [0.5, 0.6) is 5.75 Å². The number of ether oxygens (including phenoxy) is 1. The average Bonchev–Trinajstić information content (AvgIpc) is 2.71. The molecule has 1 aliphatic rings. The third-order valence-electron chi connectivity index (χ3n) is 4.72. The Morgan fingerprint density at radius 1 is 1.00 bits per heavy atom. The van der Waals surface area contributed by atoms with Crippen molar-refractivity contribution in [1.82, 2.24) is 9.97 Å². The number of halogens is 3. The molecule has 29 heavy (non-hydrogen) atoms. The lowest BCUT2D eigenvalue weighted by molar-refractivity contribution is -0.274. The topological polar surface area (TPSA) is 50.3 Å². The number of nitrogens with zero attached hydrogens (tertiary/aromatic N) is 3. The molecule has 150 valence electrons. The Bertz CT molecular complexity index is 979. The van der Waals surface area contributed by atoms with E-state index in [-0.39, 0.29) is 5.75 Å². The van der Waals surface area contributed by atoms with E-state index in [9.17, 15) is 13.2 Å². The summed E-state index contributed by atoms with van der Waals surface area (Å²) in [5, 5.41) is 3.27. The van der Waals surface area contributed by atoms with Gasteiger partial charge in [-0.2, -0.15) is 0 Å². The fraction of sp³-hybridized carbons (Fsp3) is 0.238. The number of hydrogen-bond acceptors (Lipinski definition) is 5. The molecule has 3 aromatic rings. The number of alkyl halides is 3. The monoisotopic (exact) mass is 400 g/mol. The molecule has 8 heteroatoms. The average molecular weight is 400 g/mol. The van der Waals surface area contributed by atoms with E-state index in [1.165, 1.54) is 18.5 Å². The Hall–Kier alpha value is -3.29. The number of hydrogen-bond donors (Lipinski definition) is 1.